The van der Waals surface area contributed by atoms with Gasteiger partial charge >= 0.3 is 5.97 Å². The molecule has 1 fully saturated rings. The van der Waals surface area contributed by atoms with Gasteiger partial charge in [-0.05, 0) is 19.1 Å². The molecule has 1 saturated heterocycles. The third-order valence-corrected chi connectivity index (χ3v) is 3.91. The molecule has 8 nitrogen and oxygen atoms in total. The maximum Gasteiger partial charge on any atom is 0.315 e. The largest absolute Gasteiger partial charge is 0.481 e. The summed E-state index contributed by atoms with van der Waals surface area (Å²) in [6.07, 6.45) is 0. The average molecular weight is 331 g/mol. The van der Waals surface area contributed by atoms with Crippen LogP contribution in [0.1, 0.15) is 18.8 Å². The molecule has 126 valence electrons. The molecule has 2 unspecified atom stereocenters. The smallest absolute Gasteiger partial charge is 0.315 e. The Morgan fingerprint density at radius 2 is 2.08 bits per heavy atom. The van der Waals surface area contributed by atoms with Crippen LogP contribution in [0.4, 0.5) is 0 Å². The second kappa shape index (κ2) is 6.79. The maximum atomic E-state index is 12.4. The standard InChI is InChI=1S/C16H17N3O5/c1-10(16(21)22)15(20)19-7-8-23-9-12(19)13-17-14(24-18-13)11-5-3-2-4-6-11/h2-6,10,12H,7-9H2,1H3,(H,21,22). The number of ether oxygens (including phenoxy) is 1. The predicted octanol–water partition coefficient (Wildman–Crippen LogP) is 1.36. The number of aliphatic carboxylic acids is 1. The third kappa shape index (κ3) is 3.13. The molecule has 0 radical (unpaired) electrons. The van der Waals surface area contributed by atoms with Crippen LogP contribution in [-0.4, -0.2) is 51.8 Å². The topological polar surface area (TPSA) is 106 Å². The first kappa shape index (κ1) is 16.1. The van der Waals surface area contributed by atoms with Crippen LogP contribution in [0.15, 0.2) is 34.9 Å². The van der Waals surface area contributed by atoms with Crippen LogP contribution in [0.3, 0.4) is 0 Å². The number of carboxylic acids is 1. The van der Waals surface area contributed by atoms with Crippen molar-refractivity contribution < 1.29 is 24.0 Å². The second-order valence-electron chi connectivity index (χ2n) is 5.51. The Hall–Kier alpha value is -2.74. The van der Waals surface area contributed by atoms with Gasteiger partial charge in [-0.15, -0.1) is 0 Å². The monoisotopic (exact) mass is 331 g/mol. The number of rotatable bonds is 4. The van der Waals surface area contributed by atoms with E-state index in [9.17, 15) is 9.59 Å². The number of hydrogen-bond acceptors (Lipinski definition) is 6. The van der Waals surface area contributed by atoms with Crippen LogP contribution < -0.4 is 0 Å². The number of carbonyl (C=O) groups is 2. The first-order valence-electron chi connectivity index (χ1n) is 7.58. The Morgan fingerprint density at radius 3 is 2.79 bits per heavy atom. The van der Waals surface area contributed by atoms with E-state index in [0.717, 1.165) is 5.56 Å². The van der Waals surface area contributed by atoms with Crippen molar-refractivity contribution in [2.75, 3.05) is 19.8 Å². The summed E-state index contributed by atoms with van der Waals surface area (Å²) < 4.78 is 10.7. The number of morpholine rings is 1. The van der Waals surface area contributed by atoms with Gasteiger partial charge in [0.15, 0.2) is 5.82 Å². The Balaban J connectivity index is 1.85. The number of hydrogen-bond donors (Lipinski definition) is 1. The lowest BCUT2D eigenvalue weighted by atomic mass is 10.1. The van der Waals surface area contributed by atoms with E-state index in [2.05, 4.69) is 10.1 Å². The van der Waals surface area contributed by atoms with Crippen molar-refractivity contribution in [2.24, 2.45) is 5.92 Å². The maximum absolute atomic E-state index is 12.4. The Morgan fingerprint density at radius 1 is 1.33 bits per heavy atom. The fourth-order valence-corrected chi connectivity index (χ4v) is 2.50. The number of carbonyl (C=O) groups excluding carboxylic acids is 1. The molecular weight excluding hydrogens is 314 g/mol. The first-order chi connectivity index (χ1) is 11.6. The first-order valence-corrected chi connectivity index (χ1v) is 7.58. The van der Waals surface area contributed by atoms with Crippen molar-refractivity contribution in [3.8, 4) is 11.5 Å². The number of nitrogens with zero attached hydrogens (tertiary/aromatic N) is 3. The lowest BCUT2D eigenvalue weighted by Crippen LogP contribution is -2.47. The molecule has 0 aliphatic carbocycles. The van der Waals surface area contributed by atoms with Gasteiger partial charge in [0.1, 0.15) is 12.0 Å². The molecule has 1 aliphatic rings. The van der Waals surface area contributed by atoms with Crippen LogP contribution in [0.2, 0.25) is 0 Å². The highest BCUT2D eigenvalue weighted by molar-refractivity contribution is 5.96. The van der Waals surface area contributed by atoms with Crippen molar-refractivity contribution in [3.05, 3.63) is 36.2 Å². The molecule has 2 atom stereocenters. The molecule has 0 bridgehead atoms. The van der Waals surface area contributed by atoms with Crippen molar-refractivity contribution in [1.29, 1.82) is 0 Å². The van der Waals surface area contributed by atoms with E-state index in [1.54, 1.807) is 0 Å². The van der Waals surface area contributed by atoms with E-state index in [1.807, 2.05) is 30.3 Å². The van der Waals surface area contributed by atoms with Gasteiger partial charge in [-0.2, -0.15) is 4.98 Å². The van der Waals surface area contributed by atoms with Crippen molar-refractivity contribution in [2.45, 2.75) is 13.0 Å². The lowest BCUT2D eigenvalue weighted by molar-refractivity contribution is -0.155. The van der Waals surface area contributed by atoms with E-state index < -0.39 is 23.8 Å². The quantitative estimate of drug-likeness (QED) is 0.843. The molecule has 2 heterocycles. The zero-order valence-corrected chi connectivity index (χ0v) is 13.1. The Bertz CT molecular complexity index is 730. The molecule has 3 rings (SSSR count). The van der Waals surface area contributed by atoms with Crippen LogP contribution in [0, 0.1) is 5.92 Å². The van der Waals surface area contributed by atoms with Crippen LogP contribution in [-0.2, 0) is 14.3 Å². The normalized spacial score (nSPS) is 19.0. The van der Waals surface area contributed by atoms with Crippen molar-refractivity contribution >= 4 is 11.9 Å². The van der Waals surface area contributed by atoms with E-state index in [4.69, 9.17) is 14.4 Å². The molecule has 1 aromatic heterocycles. The zero-order valence-electron chi connectivity index (χ0n) is 13.1. The summed E-state index contributed by atoms with van der Waals surface area (Å²) in [5.74, 6) is -2.13. The number of amides is 1. The van der Waals surface area contributed by atoms with E-state index in [1.165, 1.54) is 11.8 Å². The highest BCUT2D eigenvalue weighted by atomic mass is 16.5. The third-order valence-electron chi connectivity index (χ3n) is 3.91. The summed E-state index contributed by atoms with van der Waals surface area (Å²) in [6, 6.07) is 8.70. The van der Waals surface area contributed by atoms with Gasteiger partial charge in [0.25, 0.3) is 5.89 Å². The molecule has 1 aliphatic heterocycles. The summed E-state index contributed by atoms with van der Waals surface area (Å²) in [7, 11) is 0. The van der Waals surface area contributed by atoms with Gasteiger partial charge in [-0.1, -0.05) is 23.4 Å². The molecule has 1 amide bonds. The van der Waals surface area contributed by atoms with E-state index in [0.29, 0.717) is 18.3 Å². The van der Waals surface area contributed by atoms with Gasteiger partial charge in [0.2, 0.25) is 5.91 Å². The molecule has 0 saturated carbocycles. The highest BCUT2D eigenvalue weighted by Crippen LogP contribution is 2.26. The molecular formula is C16H17N3O5. The van der Waals surface area contributed by atoms with Gasteiger partial charge in [0.05, 0.1) is 13.2 Å². The average Bonchev–Trinajstić information content (AvgIpc) is 3.11. The molecule has 8 heteroatoms. The van der Waals surface area contributed by atoms with Crippen molar-refractivity contribution in [1.82, 2.24) is 15.0 Å². The molecule has 2 aromatic rings. The molecule has 0 spiro atoms. The van der Waals surface area contributed by atoms with E-state index in [-0.39, 0.29) is 13.2 Å². The molecule has 1 N–H and O–H groups in total. The predicted molar refractivity (Wildman–Crippen MR) is 81.8 cm³/mol. The Kier molecular flexibility index (Phi) is 4.57. The molecule has 24 heavy (non-hydrogen) atoms. The number of benzene rings is 1. The number of carboxylic acid groups (broad SMARTS) is 1. The van der Waals surface area contributed by atoms with E-state index >= 15 is 0 Å². The van der Waals surface area contributed by atoms with Gasteiger partial charge in [0, 0.05) is 12.1 Å². The fourth-order valence-electron chi connectivity index (χ4n) is 2.50. The van der Waals surface area contributed by atoms with Crippen LogP contribution in [0.5, 0.6) is 0 Å². The summed E-state index contributed by atoms with van der Waals surface area (Å²) in [6.45, 7) is 2.20. The fraction of sp³-hybridized carbons (Fsp3) is 0.375. The summed E-state index contributed by atoms with van der Waals surface area (Å²) in [5, 5.41) is 13.0. The lowest BCUT2D eigenvalue weighted by Gasteiger charge is -2.34. The number of aromatic nitrogens is 2. The van der Waals surface area contributed by atoms with Gasteiger partial charge < -0.3 is 19.3 Å². The van der Waals surface area contributed by atoms with Gasteiger partial charge in [-0.25, -0.2) is 0 Å². The zero-order chi connectivity index (χ0) is 17.1. The minimum atomic E-state index is -1.16. The minimum absolute atomic E-state index is 0.200. The van der Waals surface area contributed by atoms with Gasteiger partial charge in [-0.3, -0.25) is 9.59 Å². The Labute approximate surface area is 138 Å². The van der Waals surface area contributed by atoms with Crippen molar-refractivity contribution in [3.63, 3.8) is 0 Å². The van der Waals surface area contributed by atoms with Crippen LogP contribution in [0.25, 0.3) is 11.5 Å². The highest BCUT2D eigenvalue weighted by Gasteiger charge is 2.36. The summed E-state index contributed by atoms with van der Waals surface area (Å²) in [5.41, 5.74) is 0.768. The SMILES string of the molecule is CC(C(=O)O)C(=O)N1CCOCC1c1noc(-c2ccccc2)n1. The summed E-state index contributed by atoms with van der Waals surface area (Å²) >= 11 is 0. The second-order valence-corrected chi connectivity index (χ2v) is 5.51. The summed E-state index contributed by atoms with van der Waals surface area (Å²) in [4.78, 5) is 29.3. The van der Waals surface area contributed by atoms with Crippen LogP contribution >= 0.6 is 0 Å². The minimum Gasteiger partial charge on any atom is -0.481 e. The molecule has 1 aromatic carbocycles.